The first-order valence-electron chi connectivity index (χ1n) is 12.1. The number of aromatic nitrogens is 6. The summed E-state index contributed by atoms with van der Waals surface area (Å²) in [4.78, 5) is 38.0. The number of amides is 1. The van der Waals surface area contributed by atoms with E-state index in [1.165, 1.54) is 24.6 Å². The summed E-state index contributed by atoms with van der Waals surface area (Å²) in [5, 5.41) is 10.4. The molecule has 1 amide bonds. The summed E-state index contributed by atoms with van der Waals surface area (Å²) < 4.78 is 4.44. The van der Waals surface area contributed by atoms with E-state index >= 15 is 0 Å². The number of nitrogens with two attached hydrogens (primary N) is 1. The van der Waals surface area contributed by atoms with E-state index in [1.54, 1.807) is 9.25 Å². The average Bonchev–Trinajstić information content (AvgIpc) is 3.44. The molecule has 2 aromatic carbocycles. The van der Waals surface area contributed by atoms with Crippen molar-refractivity contribution in [3.63, 3.8) is 0 Å². The number of nitrogens with zero attached hydrogens (tertiary/aromatic N) is 6. The van der Waals surface area contributed by atoms with Crippen LogP contribution in [0.3, 0.4) is 0 Å². The summed E-state index contributed by atoms with van der Waals surface area (Å²) in [5.74, 6) is 0.148. The SMILES string of the molecule is CCn1c(Cn2nc(-c3ccc4nc(NC(C)=O)sc4c3)c3c(N)ncnc32)cc2cccc(C)c2c1=O. The zero-order valence-corrected chi connectivity index (χ0v) is 21.8. The predicted molar refractivity (Wildman–Crippen MR) is 150 cm³/mol. The summed E-state index contributed by atoms with van der Waals surface area (Å²) in [6.07, 6.45) is 1.42. The number of pyridine rings is 1. The van der Waals surface area contributed by atoms with Crippen molar-refractivity contribution in [2.45, 2.75) is 33.9 Å². The normalized spacial score (nSPS) is 11.6. The molecule has 0 saturated heterocycles. The highest BCUT2D eigenvalue weighted by Crippen LogP contribution is 2.34. The van der Waals surface area contributed by atoms with Gasteiger partial charge < -0.3 is 15.6 Å². The van der Waals surface area contributed by atoms with E-state index in [0.717, 1.165) is 37.8 Å². The lowest BCUT2D eigenvalue weighted by atomic mass is 10.1. The third-order valence-corrected chi connectivity index (χ3v) is 7.50. The van der Waals surface area contributed by atoms with Crippen molar-refractivity contribution in [1.29, 1.82) is 0 Å². The van der Waals surface area contributed by atoms with Crippen LogP contribution in [0.2, 0.25) is 0 Å². The van der Waals surface area contributed by atoms with Crippen LogP contribution < -0.4 is 16.6 Å². The standard InChI is InChI=1S/C27H24N8O2S/c1-4-34-18(10-16-7-5-6-14(2)21(16)26(34)37)12-35-25-22(24(28)29-13-30-25)23(33-35)17-8-9-19-20(11-17)38-27(32-19)31-15(3)36/h5-11,13H,4,12H2,1-3H3,(H2,28,29,30)(H,31,32,36). The van der Waals surface area contributed by atoms with Crippen LogP contribution in [0.1, 0.15) is 25.1 Å². The third kappa shape index (κ3) is 3.88. The highest BCUT2D eigenvalue weighted by atomic mass is 32.1. The molecule has 0 bridgehead atoms. The number of rotatable bonds is 5. The first kappa shape index (κ1) is 23.7. The van der Waals surface area contributed by atoms with Gasteiger partial charge in [-0.05, 0) is 43.0 Å². The van der Waals surface area contributed by atoms with Crippen molar-refractivity contribution in [2.75, 3.05) is 11.1 Å². The Morgan fingerprint density at radius 2 is 1.97 bits per heavy atom. The monoisotopic (exact) mass is 524 g/mol. The molecule has 0 aliphatic carbocycles. The van der Waals surface area contributed by atoms with Gasteiger partial charge in [0.2, 0.25) is 5.91 Å². The molecule has 4 aromatic heterocycles. The fourth-order valence-corrected chi connectivity index (χ4v) is 5.83. The van der Waals surface area contributed by atoms with Crippen LogP contribution in [-0.2, 0) is 17.9 Å². The van der Waals surface area contributed by atoms with Gasteiger partial charge in [-0.1, -0.05) is 35.6 Å². The number of fused-ring (bicyclic) bond motifs is 3. The molecule has 0 spiro atoms. The molecule has 0 radical (unpaired) electrons. The maximum atomic E-state index is 13.4. The minimum Gasteiger partial charge on any atom is -0.383 e. The van der Waals surface area contributed by atoms with Gasteiger partial charge in [-0.2, -0.15) is 5.10 Å². The highest BCUT2D eigenvalue weighted by molar-refractivity contribution is 7.22. The Morgan fingerprint density at radius 1 is 1.13 bits per heavy atom. The molecule has 6 aromatic rings. The van der Waals surface area contributed by atoms with E-state index < -0.39 is 0 Å². The molecular formula is C27H24N8O2S. The van der Waals surface area contributed by atoms with Gasteiger partial charge in [-0.25, -0.2) is 19.6 Å². The van der Waals surface area contributed by atoms with E-state index in [-0.39, 0.29) is 11.5 Å². The maximum absolute atomic E-state index is 13.4. The van der Waals surface area contributed by atoms with Gasteiger partial charge in [0.05, 0.1) is 27.5 Å². The second-order valence-electron chi connectivity index (χ2n) is 9.07. The molecule has 38 heavy (non-hydrogen) atoms. The number of carbonyl (C=O) groups excluding carboxylic acids is 1. The lowest BCUT2D eigenvalue weighted by Gasteiger charge is -2.14. The van der Waals surface area contributed by atoms with E-state index in [0.29, 0.717) is 40.8 Å². The molecule has 11 heteroatoms. The Labute approximate surface area is 220 Å². The summed E-state index contributed by atoms with van der Waals surface area (Å²) in [6.45, 7) is 6.22. The first-order chi connectivity index (χ1) is 18.3. The van der Waals surface area contributed by atoms with Gasteiger partial charge in [0.25, 0.3) is 5.56 Å². The van der Waals surface area contributed by atoms with Crippen molar-refractivity contribution in [1.82, 2.24) is 29.3 Å². The van der Waals surface area contributed by atoms with Gasteiger partial charge in [0, 0.05) is 24.7 Å². The largest absolute Gasteiger partial charge is 0.383 e. The quantitative estimate of drug-likeness (QED) is 0.343. The van der Waals surface area contributed by atoms with Crippen molar-refractivity contribution in [3.8, 4) is 11.3 Å². The summed E-state index contributed by atoms with van der Waals surface area (Å²) in [5.41, 5.74) is 10.9. The summed E-state index contributed by atoms with van der Waals surface area (Å²) >= 11 is 1.38. The molecule has 0 atom stereocenters. The van der Waals surface area contributed by atoms with Gasteiger partial charge in [-0.15, -0.1) is 0 Å². The number of aryl methyl sites for hydroxylation is 1. The maximum Gasteiger partial charge on any atom is 0.258 e. The highest BCUT2D eigenvalue weighted by Gasteiger charge is 2.20. The Bertz CT molecular complexity index is 1950. The molecule has 0 aliphatic heterocycles. The number of nitrogens with one attached hydrogen (secondary N) is 1. The van der Waals surface area contributed by atoms with Crippen molar-refractivity contribution < 1.29 is 4.79 Å². The van der Waals surface area contributed by atoms with E-state index in [2.05, 4.69) is 20.3 Å². The predicted octanol–water partition coefficient (Wildman–Crippen LogP) is 4.34. The molecule has 0 fully saturated rings. The molecule has 3 N–H and O–H groups in total. The number of nitrogen functional groups attached to an aromatic ring is 1. The smallest absolute Gasteiger partial charge is 0.258 e. The minimum absolute atomic E-state index is 0.0189. The number of hydrogen-bond donors (Lipinski definition) is 2. The van der Waals surface area contributed by atoms with Gasteiger partial charge in [0.1, 0.15) is 17.8 Å². The molecule has 0 unspecified atom stereocenters. The fourth-order valence-electron chi connectivity index (χ4n) is 4.88. The van der Waals surface area contributed by atoms with Gasteiger partial charge in [-0.3, -0.25) is 9.59 Å². The third-order valence-electron chi connectivity index (χ3n) is 6.56. The zero-order chi connectivity index (χ0) is 26.6. The number of anilines is 2. The van der Waals surface area contributed by atoms with Crippen LogP contribution in [0, 0.1) is 6.92 Å². The van der Waals surface area contributed by atoms with E-state index in [9.17, 15) is 9.59 Å². The topological polar surface area (TPSA) is 134 Å². The van der Waals surface area contributed by atoms with E-state index in [4.69, 9.17) is 10.8 Å². The second-order valence-corrected chi connectivity index (χ2v) is 10.1. The molecule has 190 valence electrons. The van der Waals surface area contributed by atoms with Crippen molar-refractivity contribution in [3.05, 3.63) is 70.4 Å². The van der Waals surface area contributed by atoms with Gasteiger partial charge in [0.15, 0.2) is 10.8 Å². The second kappa shape index (κ2) is 9.03. The lowest BCUT2D eigenvalue weighted by Crippen LogP contribution is -2.25. The molecule has 6 rings (SSSR count). The van der Waals surface area contributed by atoms with Crippen LogP contribution >= 0.6 is 11.3 Å². The van der Waals surface area contributed by atoms with Crippen LogP contribution in [-0.4, -0.2) is 35.2 Å². The lowest BCUT2D eigenvalue weighted by molar-refractivity contribution is -0.114. The Kier molecular flexibility index (Phi) is 5.64. The number of hydrogen-bond acceptors (Lipinski definition) is 8. The number of carbonyl (C=O) groups is 1. The number of thiazole rings is 1. The Balaban J connectivity index is 1.51. The molecular weight excluding hydrogens is 500 g/mol. The fraction of sp³-hybridized carbons (Fsp3) is 0.185. The van der Waals surface area contributed by atoms with Gasteiger partial charge >= 0.3 is 0 Å². The average molecular weight is 525 g/mol. The Morgan fingerprint density at radius 3 is 2.76 bits per heavy atom. The molecule has 10 nitrogen and oxygen atoms in total. The zero-order valence-electron chi connectivity index (χ0n) is 21.0. The van der Waals surface area contributed by atoms with Crippen molar-refractivity contribution in [2.24, 2.45) is 0 Å². The molecule has 4 heterocycles. The summed E-state index contributed by atoms with van der Waals surface area (Å²) in [6, 6.07) is 13.7. The Hall–Kier alpha value is -4.64. The first-order valence-corrected chi connectivity index (χ1v) is 12.9. The number of benzene rings is 2. The van der Waals surface area contributed by atoms with Crippen molar-refractivity contribution >= 4 is 60.2 Å². The summed E-state index contributed by atoms with van der Waals surface area (Å²) in [7, 11) is 0. The van der Waals surface area contributed by atoms with Crippen LogP contribution in [0.4, 0.5) is 10.9 Å². The van der Waals surface area contributed by atoms with Crippen LogP contribution in [0.5, 0.6) is 0 Å². The molecule has 0 aliphatic rings. The van der Waals surface area contributed by atoms with Crippen LogP contribution in [0.15, 0.2) is 53.6 Å². The van der Waals surface area contributed by atoms with E-state index in [1.807, 2.05) is 56.3 Å². The van der Waals surface area contributed by atoms with Crippen LogP contribution in [0.25, 0.3) is 43.3 Å². The molecule has 0 saturated carbocycles. The minimum atomic E-state index is -0.173.